The van der Waals surface area contributed by atoms with Gasteiger partial charge in [0.15, 0.2) is 0 Å². The quantitative estimate of drug-likeness (QED) is 0.869. The third kappa shape index (κ3) is 2.64. The fraction of sp³-hybridized carbons (Fsp3) is 0.429. The van der Waals surface area contributed by atoms with Gasteiger partial charge in [0.25, 0.3) is 5.92 Å². The van der Waals surface area contributed by atoms with Crippen LogP contribution in [0.3, 0.4) is 0 Å². The molecule has 1 atom stereocenters. The lowest BCUT2D eigenvalue weighted by molar-refractivity contribution is -0.129. The fourth-order valence-electron chi connectivity index (χ4n) is 1.98. The van der Waals surface area contributed by atoms with Crippen LogP contribution in [0.1, 0.15) is 29.3 Å². The number of hydrogen-bond donors (Lipinski definition) is 2. The van der Waals surface area contributed by atoms with Crippen molar-refractivity contribution in [3.63, 3.8) is 0 Å². The molecule has 0 radical (unpaired) electrons. The Hall–Kier alpha value is -1.98. The van der Waals surface area contributed by atoms with Crippen LogP contribution < -0.4 is 5.32 Å². The zero-order chi connectivity index (χ0) is 15.0. The van der Waals surface area contributed by atoms with E-state index in [-0.39, 0.29) is 12.1 Å². The van der Waals surface area contributed by atoms with Gasteiger partial charge < -0.3 is 10.4 Å². The topological polar surface area (TPSA) is 66.4 Å². The standard InChI is InChI=1S/C14H15F2NO3/c1-13(8-14(13,15)16)12(20)17-7-6-9-2-4-10(5-3-9)11(18)19/h2-5H,6-8H2,1H3,(H,17,20)(H,18,19). The van der Waals surface area contributed by atoms with E-state index in [2.05, 4.69) is 5.32 Å². The van der Waals surface area contributed by atoms with Gasteiger partial charge >= 0.3 is 5.97 Å². The summed E-state index contributed by atoms with van der Waals surface area (Å²) < 4.78 is 26.0. The molecule has 1 aromatic rings. The molecule has 6 heteroatoms. The molecule has 2 rings (SSSR count). The van der Waals surface area contributed by atoms with Crippen LogP contribution in [-0.4, -0.2) is 29.5 Å². The summed E-state index contributed by atoms with van der Waals surface area (Å²) in [7, 11) is 0. The van der Waals surface area contributed by atoms with Gasteiger partial charge in [0.05, 0.1) is 5.56 Å². The summed E-state index contributed by atoms with van der Waals surface area (Å²) in [4.78, 5) is 22.3. The third-order valence-electron chi connectivity index (χ3n) is 3.66. The second kappa shape index (κ2) is 4.85. The molecule has 0 bridgehead atoms. The molecule has 0 aromatic heterocycles. The van der Waals surface area contributed by atoms with Crippen molar-refractivity contribution in [1.82, 2.24) is 5.32 Å². The van der Waals surface area contributed by atoms with E-state index in [0.717, 1.165) is 5.56 Å². The van der Waals surface area contributed by atoms with E-state index >= 15 is 0 Å². The number of hydrogen-bond acceptors (Lipinski definition) is 2. The number of benzene rings is 1. The molecule has 108 valence electrons. The fourth-order valence-corrected chi connectivity index (χ4v) is 1.98. The second-order valence-electron chi connectivity index (χ2n) is 5.22. The van der Waals surface area contributed by atoms with E-state index in [4.69, 9.17) is 5.11 Å². The van der Waals surface area contributed by atoms with Gasteiger partial charge in [-0.25, -0.2) is 13.6 Å². The van der Waals surface area contributed by atoms with Crippen LogP contribution in [0.4, 0.5) is 8.78 Å². The first-order valence-electron chi connectivity index (χ1n) is 6.25. The maximum atomic E-state index is 13.0. The molecule has 1 saturated carbocycles. The van der Waals surface area contributed by atoms with E-state index < -0.39 is 29.6 Å². The molecule has 0 spiro atoms. The Morgan fingerprint density at radius 2 is 1.85 bits per heavy atom. The maximum Gasteiger partial charge on any atom is 0.335 e. The minimum atomic E-state index is -2.90. The number of alkyl halides is 2. The Morgan fingerprint density at radius 1 is 1.30 bits per heavy atom. The molecule has 4 nitrogen and oxygen atoms in total. The van der Waals surface area contributed by atoms with Crippen molar-refractivity contribution in [3.8, 4) is 0 Å². The molecule has 1 unspecified atom stereocenters. The highest BCUT2D eigenvalue weighted by Gasteiger charge is 2.72. The first-order valence-corrected chi connectivity index (χ1v) is 6.25. The summed E-state index contributed by atoms with van der Waals surface area (Å²) in [6.45, 7) is 1.50. The van der Waals surface area contributed by atoms with E-state index in [9.17, 15) is 18.4 Å². The SMILES string of the molecule is CC1(C(=O)NCCc2ccc(C(=O)O)cc2)CC1(F)F. The molecule has 1 aliphatic rings. The van der Waals surface area contributed by atoms with Gasteiger partial charge in [0.2, 0.25) is 5.91 Å². The van der Waals surface area contributed by atoms with Gasteiger partial charge in [0.1, 0.15) is 5.41 Å². The van der Waals surface area contributed by atoms with Crippen LogP contribution in [-0.2, 0) is 11.2 Å². The van der Waals surface area contributed by atoms with E-state index in [1.807, 2.05) is 0 Å². The Kier molecular flexibility index (Phi) is 3.50. The van der Waals surface area contributed by atoms with Crippen molar-refractivity contribution < 1.29 is 23.5 Å². The van der Waals surface area contributed by atoms with Crippen molar-refractivity contribution in [2.24, 2.45) is 5.41 Å². The second-order valence-corrected chi connectivity index (χ2v) is 5.22. The van der Waals surface area contributed by atoms with E-state index in [1.165, 1.54) is 19.1 Å². The predicted molar refractivity (Wildman–Crippen MR) is 67.8 cm³/mol. The monoisotopic (exact) mass is 283 g/mol. The Balaban J connectivity index is 1.82. The minimum Gasteiger partial charge on any atom is -0.478 e. The molecule has 0 saturated heterocycles. The normalized spacial score (nSPS) is 23.1. The molecule has 1 aromatic carbocycles. The first kappa shape index (κ1) is 14.4. The number of amides is 1. The van der Waals surface area contributed by atoms with Crippen LogP contribution in [0.15, 0.2) is 24.3 Å². The Bertz CT molecular complexity index is 542. The zero-order valence-electron chi connectivity index (χ0n) is 11.0. The number of nitrogens with one attached hydrogen (secondary N) is 1. The average Bonchev–Trinajstić information content (AvgIpc) is 2.90. The van der Waals surface area contributed by atoms with Crippen LogP contribution in [0.25, 0.3) is 0 Å². The summed E-state index contributed by atoms with van der Waals surface area (Å²) in [6.07, 6.45) is 0.0619. The van der Waals surface area contributed by atoms with Crippen LogP contribution in [0.2, 0.25) is 0 Å². The number of halogens is 2. The summed E-state index contributed by atoms with van der Waals surface area (Å²) in [5.41, 5.74) is -0.550. The van der Waals surface area contributed by atoms with Crippen LogP contribution in [0.5, 0.6) is 0 Å². The maximum absolute atomic E-state index is 13.0. The number of carboxylic acid groups (broad SMARTS) is 1. The molecular weight excluding hydrogens is 268 g/mol. The lowest BCUT2D eigenvalue weighted by Crippen LogP contribution is -2.34. The lowest BCUT2D eigenvalue weighted by atomic mass is 10.1. The van der Waals surface area contributed by atoms with Crippen molar-refractivity contribution in [1.29, 1.82) is 0 Å². The molecule has 1 amide bonds. The summed E-state index contributed by atoms with van der Waals surface area (Å²) in [6, 6.07) is 6.22. The van der Waals surface area contributed by atoms with Crippen molar-refractivity contribution in [2.45, 2.75) is 25.7 Å². The molecule has 2 N–H and O–H groups in total. The van der Waals surface area contributed by atoms with Crippen molar-refractivity contribution >= 4 is 11.9 Å². The highest BCUT2D eigenvalue weighted by atomic mass is 19.3. The average molecular weight is 283 g/mol. The predicted octanol–water partition coefficient (Wildman–Crippen LogP) is 2.09. The van der Waals surface area contributed by atoms with Gasteiger partial charge in [-0.2, -0.15) is 0 Å². The van der Waals surface area contributed by atoms with Gasteiger partial charge in [0, 0.05) is 13.0 Å². The highest BCUT2D eigenvalue weighted by molar-refractivity contribution is 5.87. The molecule has 1 fully saturated rings. The van der Waals surface area contributed by atoms with Crippen LogP contribution >= 0.6 is 0 Å². The molecule has 1 aliphatic carbocycles. The third-order valence-corrected chi connectivity index (χ3v) is 3.66. The smallest absolute Gasteiger partial charge is 0.335 e. The lowest BCUT2D eigenvalue weighted by Gasteiger charge is -2.11. The Labute approximate surface area is 114 Å². The number of carbonyl (C=O) groups is 2. The minimum absolute atomic E-state index is 0.183. The van der Waals surface area contributed by atoms with Gasteiger partial charge in [-0.1, -0.05) is 12.1 Å². The van der Waals surface area contributed by atoms with Crippen molar-refractivity contribution in [2.75, 3.05) is 6.54 Å². The van der Waals surface area contributed by atoms with Crippen LogP contribution in [0, 0.1) is 5.41 Å². The van der Waals surface area contributed by atoms with Gasteiger partial charge in [-0.3, -0.25) is 4.79 Å². The summed E-state index contributed by atoms with van der Waals surface area (Å²) in [5.74, 6) is -4.54. The summed E-state index contributed by atoms with van der Waals surface area (Å²) >= 11 is 0. The molecule has 20 heavy (non-hydrogen) atoms. The van der Waals surface area contributed by atoms with Gasteiger partial charge in [-0.15, -0.1) is 0 Å². The molecule has 0 aliphatic heterocycles. The zero-order valence-corrected chi connectivity index (χ0v) is 11.0. The highest BCUT2D eigenvalue weighted by Crippen LogP contribution is 2.60. The largest absolute Gasteiger partial charge is 0.478 e. The van der Waals surface area contributed by atoms with E-state index in [0.29, 0.717) is 6.42 Å². The molecular formula is C14H15F2NO3. The van der Waals surface area contributed by atoms with Crippen molar-refractivity contribution in [3.05, 3.63) is 35.4 Å². The number of carbonyl (C=O) groups excluding carboxylic acids is 1. The number of rotatable bonds is 5. The Morgan fingerprint density at radius 3 is 2.30 bits per heavy atom. The summed E-state index contributed by atoms with van der Waals surface area (Å²) in [5, 5.41) is 11.2. The number of carboxylic acids is 1. The van der Waals surface area contributed by atoms with E-state index in [1.54, 1.807) is 12.1 Å². The van der Waals surface area contributed by atoms with Gasteiger partial charge in [-0.05, 0) is 31.0 Å². The first-order chi connectivity index (χ1) is 9.26. The number of aromatic carboxylic acids is 1. The molecule has 0 heterocycles.